The number of ether oxygens (including phenoxy) is 2. The maximum atomic E-state index is 13.7. The van der Waals surface area contributed by atoms with Gasteiger partial charge in [0.15, 0.2) is 0 Å². The smallest absolute Gasteiger partial charge is 0.341 e. The van der Waals surface area contributed by atoms with E-state index >= 15 is 0 Å². The minimum absolute atomic E-state index is 0.000795. The van der Waals surface area contributed by atoms with Gasteiger partial charge in [0.1, 0.15) is 27.9 Å². The zero-order valence-electron chi connectivity index (χ0n) is 14.8. The first-order valence-electron chi connectivity index (χ1n) is 8.08. The van der Waals surface area contributed by atoms with Crippen molar-refractivity contribution in [3.63, 3.8) is 0 Å². The molecule has 0 bridgehead atoms. The van der Waals surface area contributed by atoms with E-state index in [0.29, 0.717) is 0 Å². The number of nitrogens with two attached hydrogens (primary N) is 1. The molecule has 0 aliphatic carbocycles. The number of nitrogens with one attached hydrogen (secondary N) is 1. The Kier molecular flexibility index (Phi) is 6.89. The van der Waals surface area contributed by atoms with Crippen molar-refractivity contribution in [2.75, 3.05) is 19.4 Å². The number of anilines is 1. The lowest BCUT2D eigenvalue weighted by molar-refractivity contribution is -0.144. The second-order valence-corrected chi connectivity index (χ2v) is 6.43. The number of halogens is 1. The first-order chi connectivity index (χ1) is 12.9. The Morgan fingerprint density at radius 1 is 1.22 bits per heavy atom. The lowest BCUT2D eigenvalue weighted by Gasteiger charge is -2.09. The summed E-state index contributed by atoms with van der Waals surface area (Å²) in [6, 6.07) is 5.83. The molecule has 1 heterocycles. The van der Waals surface area contributed by atoms with E-state index in [1.165, 1.54) is 25.2 Å². The fourth-order valence-corrected chi connectivity index (χ4v) is 3.35. The van der Waals surface area contributed by atoms with Crippen LogP contribution in [0.25, 0.3) is 0 Å². The molecule has 3 N–H and O–H groups in total. The molecule has 9 heteroatoms. The number of thiophene rings is 1. The third-order valence-corrected chi connectivity index (χ3v) is 4.68. The monoisotopic (exact) mass is 394 g/mol. The van der Waals surface area contributed by atoms with E-state index in [-0.39, 0.29) is 46.2 Å². The van der Waals surface area contributed by atoms with Gasteiger partial charge >= 0.3 is 11.9 Å². The van der Waals surface area contributed by atoms with Gasteiger partial charge in [0.25, 0.3) is 5.91 Å². The Hall–Kier alpha value is -2.94. The minimum atomic E-state index is -0.707. The Labute approximate surface area is 159 Å². The molecule has 1 aromatic heterocycles. The molecule has 0 unspecified atom stereocenters. The number of carbonyl (C=O) groups is 3. The Bertz CT molecular complexity index is 865. The number of hydrogen-bond donors (Lipinski definition) is 2. The lowest BCUT2D eigenvalue weighted by atomic mass is 10.1. The number of benzene rings is 1. The molecule has 2 aromatic rings. The van der Waals surface area contributed by atoms with Gasteiger partial charge in [0.2, 0.25) is 0 Å². The molecule has 144 valence electrons. The molecule has 0 radical (unpaired) electrons. The van der Waals surface area contributed by atoms with Gasteiger partial charge in [-0.05, 0) is 18.6 Å². The Balaban J connectivity index is 2.23. The molecule has 2 rings (SSSR count). The van der Waals surface area contributed by atoms with Crippen LogP contribution in [0.15, 0.2) is 24.3 Å². The van der Waals surface area contributed by atoms with Crippen LogP contribution in [0.4, 0.5) is 9.39 Å². The first kappa shape index (κ1) is 20.4. The molecular weight excluding hydrogens is 375 g/mol. The zero-order valence-corrected chi connectivity index (χ0v) is 15.7. The van der Waals surface area contributed by atoms with Gasteiger partial charge in [-0.3, -0.25) is 9.59 Å². The van der Waals surface area contributed by atoms with Crippen molar-refractivity contribution in [1.29, 1.82) is 0 Å². The van der Waals surface area contributed by atoms with Crippen molar-refractivity contribution in [2.24, 2.45) is 0 Å². The van der Waals surface area contributed by atoms with Gasteiger partial charge in [0.05, 0.1) is 13.0 Å². The standard InChI is InChI=1S/C18H19FN2O5S/c1-3-25-18(24)14-11(15(17(23)21-2)27-16(14)20)9-26-13(22)8-10-6-4-5-7-12(10)19/h4-7H,3,8-9,20H2,1-2H3,(H,21,23). The van der Waals surface area contributed by atoms with Crippen molar-refractivity contribution in [2.45, 2.75) is 20.0 Å². The Morgan fingerprint density at radius 2 is 1.93 bits per heavy atom. The van der Waals surface area contributed by atoms with E-state index in [0.717, 1.165) is 11.3 Å². The molecular formula is C18H19FN2O5S. The van der Waals surface area contributed by atoms with Gasteiger partial charge in [-0.1, -0.05) is 18.2 Å². The maximum Gasteiger partial charge on any atom is 0.341 e. The third-order valence-electron chi connectivity index (χ3n) is 3.62. The number of hydrogen-bond acceptors (Lipinski definition) is 7. The van der Waals surface area contributed by atoms with Crippen molar-refractivity contribution < 1.29 is 28.2 Å². The van der Waals surface area contributed by atoms with Crippen LogP contribution in [-0.2, 0) is 27.3 Å². The summed E-state index contributed by atoms with van der Waals surface area (Å²) >= 11 is 0.900. The molecule has 0 saturated heterocycles. The van der Waals surface area contributed by atoms with Gasteiger partial charge < -0.3 is 20.5 Å². The predicted octanol–water partition coefficient (Wildman–Crippen LogP) is 2.29. The van der Waals surface area contributed by atoms with Gasteiger partial charge in [-0.2, -0.15) is 0 Å². The molecule has 0 spiro atoms. The van der Waals surface area contributed by atoms with Gasteiger partial charge in [-0.15, -0.1) is 11.3 Å². The summed E-state index contributed by atoms with van der Waals surface area (Å²) in [6.07, 6.45) is -0.281. The number of rotatable bonds is 7. The second kappa shape index (κ2) is 9.13. The third kappa shape index (κ3) is 4.82. The molecule has 0 aliphatic rings. The highest BCUT2D eigenvalue weighted by molar-refractivity contribution is 7.18. The average molecular weight is 394 g/mol. The molecule has 0 fully saturated rings. The van der Waals surface area contributed by atoms with E-state index < -0.39 is 23.7 Å². The number of amides is 1. The number of nitrogen functional groups attached to an aromatic ring is 1. The van der Waals surface area contributed by atoms with Crippen LogP contribution in [0.3, 0.4) is 0 Å². The van der Waals surface area contributed by atoms with Crippen LogP contribution in [0.2, 0.25) is 0 Å². The minimum Gasteiger partial charge on any atom is -0.462 e. The van der Waals surface area contributed by atoms with Crippen molar-refractivity contribution in [3.05, 3.63) is 51.7 Å². The summed E-state index contributed by atoms with van der Waals surface area (Å²) in [4.78, 5) is 36.5. The van der Waals surface area contributed by atoms with E-state index in [2.05, 4.69) is 5.32 Å². The van der Waals surface area contributed by atoms with E-state index in [1.54, 1.807) is 13.0 Å². The summed E-state index contributed by atoms with van der Waals surface area (Å²) in [5.41, 5.74) is 6.21. The van der Waals surface area contributed by atoms with Crippen molar-refractivity contribution in [3.8, 4) is 0 Å². The predicted molar refractivity (Wildman–Crippen MR) is 98.0 cm³/mol. The summed E-state index contributed by atoms with van der Waals surface area (Å²) in [5.74, 6) is -2.40. The molecule has 1 amide bonds. The molecule has 7 nitrogen and oxygen atoms in total. The van der Waals surface area contributed by atoms with Crippen LogP contribution in [0.5, 0.6) is 0 Å². The van der Waals surface area contributed by atoms with Crippen molar-refractivity contribution in [1.82, 2.24) is 5.32 Å². The first-order valence-corrected chi connectivity index (χ1v) is 8.90. The summed E-state index contributed by atoms with van der Waals surface area (Å²) in [7, 11) is 1.43. The summed E-state index contributed by atoms with van der Waals surface area (Å²) < 4.78 is 23.8. The number of carbonyl (C=O) groups excluding carboxylic acids is 3. The number of esters is 2. The molecule has 1 aromatic carbocycles. The van der Waals surface area contributed by atoms with E-state index in [4.69, 9.17) is 15.2 Å². The van der Waals surface area contributed by atoms with E-state index in [9.17, 15) is 18.8 Å². The van der Waals surface area contributed by atoms with E-state index in [1.807, 2.05) is 0 Å². The SMILES string of the molecule is CCOC(=O)c1c(N)sc(C(=O)NC)c1COC(=O)Cc1ccccc1F. The zero-order chi connectivity index (χ0) is 20.0. The van der Waals surface area contributed by atoms with Crippen LogP contribution < -0.4 is 11.1 Å². The largest absolute Gasteiger partial charge is 0.462 e. The van der Waals surface area contributed by atoms with Crippen LogP contribution in [-0.4, -0.2) is 31.5 Å². The fraction of sp³-hybridized carbons (Fsp3) is 0.278. The lowest BCUT2D eigenvalue weighted by Crippen LogP contribution is -2.20. The molecule has 0 atom stereocenters. The van der Waals surface area contributed by atoms with Crippen molar-refractivity contribution >= 4 is 34.2 Å². The quantitative estimate of drug-likeness (QED) is 0.698. The highest BCUT2D eigenvalue weighted by Crippen LogP contribution is 2.32. The normalized spacial score (nSPS) is 10.3. The van der Waals surface area contributed by atoms with Gasteiger partial charge in [-0.25, -0.2) is 9.18 Å². The fourth-order valence-electron chi connectivity index (χ4n) is 2.35. The average Bonchev–Trinajstić information content (AvgIpc) is 2.97. The summed E-state index contributed by atoms with van der Waals surface area (Å²) in [6.45, 7) is 1.39. The molecule has 0 saturated carbocycles. The van der Waals surface area contributed by atoms with Crippen LogP contribution >= 0.6 is 11.3 Å². The Morgan fingerprint density at radius 3 is 2.56 bits per heavy atom. The second-order valence-electron chi connectivity index (χ2n) is 5.38. The topological polar surface area (TPSA) is 108 Å². The van der Waals surface area contributed by atoms with Crippen LogP contribution in [0.1, 0.15) is 38.1 Å². The van der Waals surface area contributed by atoms with Gasteiger partial charge in [0, 0.05) is 12.6 Å². The van der Waals surface area contributed by atoms with Crippen LogP contribution in [0, 0.1) is 5.82 Å². The highest BCUT2D eigenvalue weighted by Gasteiger charge is 2.27. The molecule has 27 heavy (non-hydrogen) atoms. The summed E-state index contributed by atoms with van der Waals surface area (Å²) in [5, 5.41) is 2.53. The maximum absolute atomic E-state index is 13.7. The highest BCUT2D eigenvalue weighted by atomic mass is 32.1. The molecule has 0 aliphatic heterocycles.